The molecular weight excluding hydrogens is 544 g/mol. The number of hydrogen-bond acceptors (Lipinski definition) is 2. The Labute approximate surface area is 264 Å². The zero-order valence-corrected chi connectivity index (χ0v) is 25.3. The van der Waals surface area contributed by atoms with Crippen LogP contribution in [0.1, 0.15) is 40.8 Å². The molecular formula is C43H34N2. The number of fused-ring (bicyclic) bond motifs is 3. The number of nitrogens with zero attached hydrogens (tertiary/aromatic N) is 1. The van der Waals surface area contributed by atoms with E-state index in [1.54, 1.807) is 0 Å². The minimum atomic E-state index is -0.249. The van der Waals surface area contributed by atoms with Gasteiger partial charge in [-0.3, -0.25) is 5.32 Å². The molecule has 1 fully saturated rings. The van der Waals surface area contributed by atoms with Crippen molar-refractivity contribution in [3.05, 3.63) is 197 Å². The van der Waals surface area contributed by atoms with Crippen molar-refractivity contribution in [3.63, 3.8) is 0 Å². The van der Waals surface area contributed by atoms with E-state index in [-0.39, 0.29) is 11.6 Å². The Hall–Kier alpha value is -5.44. The molecule has 45 heavy (non-hydrogen) atoms. The first kappa shape index (κ1) is 27.1. The number of anilines is 1. The van der Waals surface area contributed by atoms with Gasteiger partial charge in [-0.2, -0.15) is 0 Å². The molecule has 0 aromatic heterocycles. The summed E-state index contributed by atoms with van der Waals surface area (Å²) in [4.78, 5) is 2.24. The van der Waals surface area contributed by atoms with Crippen molar-refractivity contribution in [1.82, 2.24) is 5.32 Å². The van der Waals surface area contributed by atoms with Crippen molar-refractivity contribution in [2.75, 3.05) is 4.90 Å². The molecule has 6 aromatic rings. The molecule has 6 aromatic carbocycles. The van der Waals surface area contributed by atoms with E-state index in [1.165, 1.54) is 38.3 Å². The maximum absolute atomic E-state index is 4.49. The van der Waals surface area contributed by atoms with E-state index in [0.717, 1.165) is 27.6 Å². The molecule has 1 saturated heterocycles. The van der Waals surface area contributed by atoms with Crippen LogP contribution in [0.5, 0.6) is 0 Å². The fourth-order valence-electron chi connectivity index (χ4n) is 6.92. The Kier molecular flexibility index (Phi) is 6.59. The van der Waals surface area contributed by atoms with E-state index < -0.39 is 0 Å². The van der Waals surface area contributed by atoms with E-state index in [9.17, 15) is 0 Å². The molecule has 2 aliphatic rings. The first-order valence-electron chi connectivity index (χ1n) is 15.6. The van der Waals surface area contributed by atoms with Crippen molar-refractivity contribution in [2.45, 2.75) is 18.5 Å². The van der Waals surface area contributed by atoms with Crippen LogP contribution in [0.25, 0.3) is 34.2 Å². The van der Waals surface area contributed by atoms with Gasteiger partial charge in [-0.15, -0.1) is 0 Å². The summed E-state index contributed by atoms with van der Waals surface area (Å²) in [5.41, 5.74) is 9.29. The third-order valence-electron chi connectivity index (χ3n) is 9.46. The summed E-state index contributed by atoms with van der Waals surface area (Å²) in [6, 6.07) is 52.6. The summed E-state index contributed by atoms with van der Waals surface area (Å²) in [5.74, 6) is 0. The van der Waals surface area contributed by atoms with Gasteiger partial charge in [-0.1, -0.05) is 134 Å². The number of benzene rings is 6. The molecule has 0 aliphatic carbocycles. The second kappa shape index (κ2) is 10.9. The summed E-state index contributed by atoms with van der Waals surface area (Å²) in [5, 5.41) is 8.66. The third kappa shape index (κ3) is 4.71. The van der Waals surface area contributed by atoms with Crippen LogP contribution in [-0.4, -0.2) is 0 Å². The van der Waals surface area contributed by atoms with Gasteiger partial charge in [0.15, 0.2) is 0 Å². The molecule has 0 amide bonds. The van der Waals surface area contributed by atoms with Gasteiger partial charge in [-0.05, 0) is 91.4 Å². The lowest BCUT2D eigenvalue weighted by Gasteiger charge is -2.20. The minimum absolute atomic E-state index is 0.228. The molecule has 0 saturated carbocycles. The molecule has 2 nitrogen and oxygen atoms in total. The topological polar surface area (TPSA) is 25.2 Å². The lowest BCUT2D eigenvalue weighted by molar-refractivity contribution is 0.789. The molecule has 216 valence electrons. The SMILES string of the molecule is C=C1/C(C)=c2\cccc\c2=C\N(c2ccc3cc(C4(c5ccccc5)NC4c4ccccc4)ccc3c2)/C=C\c2ccccc21. The highest BCUT2D eigenvalue weighted by atomic mass is 15.2. The maximum Gasteiger partial charge on any atom is 0.0894 e. The van der Waals surface area contributed by atoms with Gasteiger partial charge in [0.25, 0.3) is 0 Å². The van der Waals surface area contributed by atoms with E-state index in [4.69, 9.17) is 0 Å². The van der Waals surface area contributed by atoms with E-state index in [0.29, 0.717) is 0 Å². The first-order chi connectivity index (χ1) is 22.1. The maximum atomic E-state index is 4.49. The van der Waals surface area contributed by atoms with Crippen LogP contribution in [0, 0.1) is 0 Å². The highest BCUT2D eigenvalue weighted by molar-refractivity contribution is 5.98. The van der Waals surface area contributed by atoms with Crippen LogP contribution in [0.15, 0.2) is 158 Å². The smallest absolute Gasteiger partial charge is 0.0894 e. The fraction of sp³-hybridized carbons (Fsp3) is 0.0698. The highest BCUT2D eigenvalue weighted by Crippen LogP contribution is 2.53. The Morgan fingerprint density at radius 1 is 0.667 bits per heavy atom. The number of rotatable bonds is 4. The quantitative estimate of drug-likeness (QED) is 0.212. The molecule has 0 bridgehead atoms. The lowest BCUT2D eigenvalue weighted by atomic mass is 9.84. The summed E-state index contributed by atoms with van der Waals surface area (Å²) in [6.45, 7) is 6.66. The molecule has 2 heterocycles. The number of hydrogen-bond donors (Lipinski definition) is 1. The van der Waals surface area contributed by atoms with Crippen LogP contribution < -0.4 is 20.7 Å². The van der Waals surface area contributed by atoms with Gasteiger partial charge in [-0.25, -0.2) is 0 Å². The Balaban J connectivity index is 1.24. The van der Waals surface area contributed by atoms with Crippen LogP contribution in [0.2, 0.25) is 0 Å². The molecule has 0 spiro atoms. The molecule has 0 radical (unpaired) electrons. The minimum Gasteiger partial charge on any atom is -0.323 e. The van der Waals surface area contributed by atoms with Gasteiger partial charge in [0.1, 0.15) is 0 Å². The zero-order valence-electron chi connectivity index (χ0n) is 25.3. The Bertz CT molecular complexity index is 2230. The lowest BCUT2D eigenvalue weighted by Crippen LogP contribution is -2.29. The van der Waals surface area contributed by atoms with Crippen molar-refractivity contribution in [3.8, 4) is 0 Å². The molecule has 2 aliphatic heterocycles. The summed E-state index contributed by atoms with van der Waals surface area (Å²) in [6.07, 6.45) is 6.59. The second-order valence-electron chi connectivity index (χ2n) is 12.0. The second-order valence-corrected chi connectivity index (χ2v) is 12.0. The van der Waals surface area contributed by atoms with Crippen molar-refractivity contribution >= 4 is 39.9 Å². The van der Waals surface area contributed by atoms with Gasteiger partial charge in [0.2, 0.25) is 0 Å². The predicted molar refractivity (Wildman–Crippen MR) is 190 cm³/mol. The average Bonchev–Trinajstić information content (AvgIpc) is 3.87. The molecule has 2 unspecified atom stereocenters. The van der Waals surface area contributed by atoms with Crippen LogP contribution in [0.3, 0.4) is 0 Å². The van der Waals surface area contributed by atoms with Crippen LogP contribution in [0.4, 0.5) is 5.69 Å². The van der Waals surface area contributed by atoms with Gasteiger partial charge >= 0.3 is 0 Å². The highest BCUT2D eigenvalue weighted by Gasteiger charge is 2.56. The largest absolute Gasteiger partial charge is 0.323 e. The molecule has 2 atom stereocenters. The van der Waals surface area contributed by atoms with E-state index in [1.807, 2.05) is 0 Å². The van der Waals surface area contributed by atoms with Crippen molar-refractivity contribution < 1.29 is 0 Å². The van der Waals surface area contributed by atoms with E-state index >= 15 is 0 Å². The Morgan fingerprint density at radius 2 is 1.36 bits per heavy atom. The fourth-order valence-corrected chi connectivity index (χ4v) is 6.92. The normalized spacial score (nSPS) is 21.7. The molecule has 2 heteroatoms. The average molecular weight is 579 g/mol. The molecule has 8 rings (SSSR count). The van der Waals surface area contributed by atoms with Crippen LogP contribution in [-0.2, 0) is 5.54 Å². The monoisotopic (exact) mass is 578 g/mol. The zero-order chi connectivity index (χ0) is 30.4. The standard InChI is InChI=1S/C43H34N2/c1-30-31(2)41-20-12-10-16-36(41)29-45(26-25-32-13-9-11-19-40(30)32)39-24-22-34-27-38(23-21-35(34)28-39)43(37-17-7-4-8-18-37)42(44-43)33-14-5-3-6-15-33/h3-29,42,44H,1H2,2H3/b26-25-,36-29-,41-31+. The van der Waals surface area contributed by atoms with Gasteiger partial charge in [0.05, 0.1) is 11.6 Å². The van der Waals surface area contributed by atoms with Crippen molar-refractivity contribution in [2.24, 2.45) is 0 Å². The Morgan fingerprint density at radius 3 is 2.20 bits per heavy atom. The predicted octanol–water partition coefficient (Wildman–Crippen LogP) is 8.54. The van der Waals surface area contributed by atoms with E-state index in [2.05, 4.69) is 188 Å². The van der Waals surface area contributed by atoms with Crippen molar-refractivity contribution in [1.29, 1.82) is 0 Å². The third-order valence-corrected chi connectivity index (χ3v) is 9.46. The summed E-state index contributed by atoms with van der Waals surface area (Å²) in [7, 11) is 0. The summed E-state index contributed by atoms with van der Waals surface area (Å²) < 4.78 is 0. The molecule has 1 N–H and O–H groups in total. The first-order valence-corrected chi connectivity index (χ1v) is 15.6. The number of nitrogens with one attached hydrogen (secondary N) is 1. The van der Waals surface area contributed by atoms with Gasteiger partial charge < -0.3 is 4.90 Å². The van der Waals surface area contributed by atoms with Crippen LogP contribution >= 0.6 is 0 Å². The summed E-state index contributed by atoms with van der Waals surface area (Å²) >= 11 is 0. The number of allylic oxidation sites excluding steroid dienone is 1. The van der Waals surface area contributed by atoms with Gasteiger partial charge in [0, 0.05) is 18.1 Å².